The number of benzene rings is 1. The summed E-state index contributed by atoms with van der Waals surface area (Å²) >= 11 is 0. The molecular formula is C13H14O5. The fourth-order valence-corrected chi connectivity index (χ4v) is 1.66. The van der Waals surface area contributed by atoms with Crippen molar-refractivity contribution in [3.8, 4) is 5.75 Å². The van der Waals surface area contributed by atoms with Gasteiger partial charge in [0.2, 0.25) is 5.79 Å². The molecule has 0 unspecified atom stereocenters. The van der Waals surface area contributed by atoms with Gasteiger partial charge in [0.05, 0.1) is 0 Å². The van der Waals surface area contributed by atoms with E-state index in [2.05, 4.69) is 0 Å². The van der Waals surface area contributed by atoms with E-state index in [0.29, 0.717) is 11.3 Å². The lowest BCUT2D eigenvalue weighted by molar-refractivity contribution is -0.142. The number of hydrogen-bond donors (Lipinski definition) is 0. The average Bonchev–Trinajstić information content (AvgIpc) is 2.24. The zero-order valence-electron chi connectivity index (χ0n) is 10.5. The highest BCUT2D eigenvalue weighted by Crippen LogP contribution is 2.31. The second-order valence-corrected chi connectivity index (χ2v) is 4.50. The minimum atomic E-state index is -0.982. The summed E-state index contributed by atoms with van der Waals surface area (Å²) in [6.07, 6.45) is 0. The molecule has 0 aliphatic carbocycles. The van der Waals surface area contributed by atoms with Gasteiger partial charge >= 0.3 is 11.9 Å². The number of hydrogen-bond acceptors (Lipinski definition) is 5. The summed E-state index contributed by atoms with van der Waals surface area (Å²) in [6, 6.07) is 4.98. The van der Waals surface area contributed by atoms with Gasteiger partial charge in [0, 0.05) is 20.8 Å². The van der Waals surface area contributed by atoms with Crippen molar-refractivity contribution in [3.05, 3.63) is 29.3 Å². The standard InChI is InChI=1S/C13H14O5/c1-8(14)16-7-9-4-5-10-11(6-9)17-13(2,3)18-12(10)15/h4-6H,7H2,1-3H3. The highest BCUT2D eigenvalue weighted by Gasteiger charge is 2.33. The minimum Gasteiger partial charge on any atom is -0.461 e. The number of esters is 2. The molecule has 5 nitrogen and oxygen atoms in total. The zero-order valence-corrected chi connectivity index (χ0v) is 10.5. The van der Waals surface area contributed by atoms with Crippen molar-refractivity contribution in [3.63, 3.8) is 0 Å². The van der Waals surface area contributed by atoms with E-state index in [1.165, 1.54) is 6.92 Å². The highest BCUT2D eigenvalue weighted by molar-refractivity contribution is 5.93. The third-order valence-electron chi connectivity index (χ3n) is 2.40. The predicted octanol–water partition coefficient (Wildman–Crippen LogP) is 2.04. The Balaban J connectivity index is 2.26. The summed E-state index contributed by atoms with van der Waals surface area (Å²) in [5, 5.41) is 0. The van der Waals surface area contributed by atoms with Crippen molar-refractivity contribution < 1.29 is 23.8 Å². The minimum absolute atomic E-state index is 0.154. The topological polar surface area (TPSA) is 61.8 Å². The third-order valence-corrected chi connectivity index (χ3v) is 2.40. The summed E-state index contributed by atoms with van der Waals surface area (Å²) in [5.41, 5.74) is 1.13. The lowest BCUT2D eigenvalue weighted by Gasteiger charge is -2.31. The predicted molar refractivity (Wildman–Crippen MR) is 62.0 cm³/mol. The second kappa shape index (κ2) is 4.33. The van der Waals surface area contributed by atoms with E-state index >= 15 is 0 Å². The summed E-state index contributed by atoms with van der Waals surface area (Å²) in [7, 11) is 0. The van der Waals surface area contributed by atoms with E-state index < -0.39 is 11.8 Å². The quantitative estimate of drug-likeness (QED) is 0.751. The molecule has 0 N–H and O–H groups in total. The van der Waals surface area contributed by atoms with Crippen LogP contribution in [0.2, 0.25) is 0 Å². The zero-order chi connectivity index (χ0) is 13.3. The van der Waals surface area contributed by atoms with Crippen LogP contribution in [0.3, 0.4) is 0 Å². The molecule has 18 heavy (non-hydrogen) atoms. The van der Waals surface area contributed by atoms with Gasteiger partial charge in [0.25, 0.3) is 0 Å². The number of fused-ring (bicyclic) bond motifs is 1. The second-order valence-electron chi connectivity index (χ2n) is 4.50. The van der Waals surface area contributed by atoms with Crippen LogP contribution in [0.25, 0.3) is 0 Å². The molecule has 0 radical (unpaired) electrons. The van der Waals surface area contributed by atoms with Crippen LogP contribution >= 0.6 is 0 Å². The first-order chi connectivity index (χ1) is 8.37. The largest absolute Gasteiger partial charge is 0.461 e. The van der Waals surface area contributed by atoms with E-state index in [1.54, 1.807) is 32.0 Å². The molecule has 0 bridgehead atoms. The molecule has 0 spiro atoms. The van der Waals surface area contributed by atoms with Crippen molar-refractivity contribution in [2.75, 3.05) is 0 Å². The van der Waals surface area contributed by atoms with E-state index in [0.717, 1.165) is 5.56 Å². The first kappa shape index (κ1) is 12.4. The smallest absolute Gasteiger partial charge is 0.345 e. The van der Waals surface area contributed by atoms with Gasteiger partial charge in [-0.3, -0.25) is 4.79 Å². The van der Waals surface area contributed by atoms with Crippen LogP contribution in [-0.2, 0) is 20.9 Å². The molecule has 1 aliphatic heterocycles. The molecule has 0 fully saturated rings. The Bertz CT molecular complexity index is 504. The van der Waals surface area contributed by atoms with Gasteiger partial charge < -0.3 is 14.2 Å². The molecule has 1 heterocycles. The van der Waals surface area contributed by atoms with E-state index in [9.17, 15) is 9.59 Å². The normalized spacial score (nSPS) is 16.3. The maximum atomic E-state index is 11.7. The van der Waals surface area contributed by atoms with Gasteiger partial charge in [0.1, 0.15) is 17.9 Å². The summed E-state index contributed by atoms with van der Waals surface area (Å²) in [4.78, 5) is 22.4. The van der Waals surface area contributed by atoms with Gasteiger partial charge in [-0.2, -0.15) is 0 Å². The van der Waals surface area contributed by atoms with Crippen molar-refractivity contribution >= 4 is 11.9 Å². The summed E-state index contributed by atoms with van der Waals surface area (Å²) < 4.78 is 15.5. The number of ether oxygens (including phenoxy) is 3. The molecular weight excluding hydrogens is 236 g/mol. The average molecular weight is 250 g/mol. The maximum Gasteiger partial charge on any atom is 0.345 e. The highest BCUT2D eigenvalue weighted by atomic mass is 16.7. The van der Waals surface area contributed by atoms with Gasteiger partial charge in [-0.25, -0.2) is 4.79 Å². The Kier molecular flexibility index (Phi) is 2.98. The molecule has 2 rings (SSSR count). The summed E-state index contributed by atoms with van der Waals surface area (Å²) in [5.74, 6) is -1.31. The van der Waals surface area contributed by atoms with Crippen LogP contribution in [0.1, 0.15) is 36.7 Å². The SMILES string of the molecule is CC(=O)OCc1ccc2c(c1)OC(C)(C)OC2=O. The van der Waals surface area contributed by atoms with Crippen LogP contribution in [0.5, 0.6) is 5.75 Å². The van der Waals surface area contributed by atoms with Gasteiger partial charge in [-0.15, -0.1) is 0 Å². The van der Waals surface area contributed by atoms with Crippen LogP contribution < -0.4 is 4.74 Å². The number of carbonyl (C=O) groups is 2. The molecule has 1 aromatic carbocycles. The molecule has 1 aromatic rings. The molecule has 0 saturated heterocycles. The van der Waals surface area contributed by atoms with Crippen LogP contribution in [0.15, 0.2) is 18.2 Å². The Labute approximate surface area is 105 Å². The third kappa shape index (κ3) is 2.61. The number of cyclic esters (lactones) is 1. The van der Waals surface area contributed by atoms with Crippen LogP contribution in [-0.4, -0.2) is 17.7 Å². The summed E-state index contributed by atoms with van der Waals surface area (Å²) in [6.45, 7) is 4.82. The molecule has 5 heteroatoms. The fraction of sp³-hybridized carbons (Fsp3) is 0.385. The van der Waals surface area contributed by atoms with Crippen molar-refractivity contribution in [2.45, 2.75) is 33.2 Å². The van der Waals surface area contributed by atoms with Crippen LogP contribution in [0.4, 0.5) is 0 Å². The van der Waals surface area contributed by atoms with Gasteiger partial charge in [-0.1, -0.05) is 6.07 Å². The number of carbonyl (C=O) groups excluding carboxylic acids is 2. The van der Waals surface area contributed by atoms with Crippen molar-refractivity contribution in [1.29, 1.82) is 0 Å². The Morgan fingerprint density at radius 2 is 2.06 bits per heavy atom. The fourth-order valence-electron chi connectivity index (χ4n) is 1.66. The monoisotopic (exact) mass is 250 g/mol. The maximum absolute atomic E-state index is 11.7. The lowest BCUT2D eigenvalue weighted by atomic mass is 10.1. The molecule has 1 aliphatic rings. The van der Waals surface area contributed by atoms with E-state index in [1.807, 2.05) is 0 Å². The molecule has 0 atom stereocenters. The molecule has 0 amide bonds. The first-order valence-electron chi connectivity index (χ1n) is 5.56. The Morgan fingerprint density at radius 3 is 2.72 bits per heavy atom. The van der Waals surface area contributed by atoms with E-state index in [4.69, 9.17) is 14.2 Å². The van der Waals surface area contributed by atoms with Crippen molar-refractivity contribution in [2.24, 2.45) is 0 Å². The molecule has 0 saturated carbocycles. The van der Waals surface area contributed by atoms with Crippen molar-refractivity contribution in [1.82, 2.24) is 0 Å². The lowest BCUT2D eigenvalue weighted by Crippen LogP contribution is -2.38. The van der Waals surface area contributed by atoms with Gasteiger partial charge in [-0.05, 0) is 17.7 Å². The number of rotatable bonds is 2. The molecule has 0 aromatic heterocycles. The first-order valence-corrected chi connectivity index (χ1v) is 5.56. The van der Waals surface area contributed by atoms with Crippen LogP contribution in [0, 0.1) is 0 Å². The van der Waals surface area contributed by atoms with Gasteiger partial charge in [0.15, 0.2) is 0 Å². The Morgan fingerprint density at radius 1 is 1.33 bits per heavy atom. The molecule has 96 valence electrons. The Hall–Kier alpha value is -2.04. The van der Waals surface area contributed by atoms with E-state index in [-0.39, 0.29) is 12.6 Å².